The second-order valence-corrected chi connectivity index (χ2v) is 2.26. The van der Waals surface area contributed by atoms with Crippen LogP contribution in [0.25, 0.3) is 0 Å². The minimum absolute atomic E-state index is 0.319. The van der Waals surface area contributed by atoms with E-state index in [1.54, 1.807) is 12.1 Å². The molecule has 1 unspecified atom stereocenters. The Bertz CT molecular complexity index is 248. The molecule has 0 radical (unpaired) electrons. The average molecular weight is 153 g/mol. The van der Waals surface area contributed by atoms with E-state index in [0.717, 1.165) is 0 Å². The number of halogens is 1. The van der Waals surface area contributed by atoms with E-state index in [2.05, 4.69) is 4.98 Å². The van der Waals surface area contributed by atoms with Crippen LogP contribution in [0.1, 0.15) is 18.7 Å². The number of aromatic nitrogens is 1. The highest BCUT2D eigenvalue weighted by Gasteiger charge is 2.13. The molecule has 1 rings (SSSR count). The first-order valence-electron chi connectivity index (χ1n) is 3.26. The third-order valence-corrected chi connectivity index (χ3v) is 1.33. The van der Waals surface area contributed by atoms with E-state index in [0.29, 0.717) is 5.56 Å². The maximum Gasteiger partial charge on any atom is 0.184 e. The molecule has 0 bridgehead atoms. The Morgan fingerprint density at radius 3 is 2.91 bits per heavy atom. The number of hydrogen-bond acceptors (Lipinski definition) is 2. The Balaban J connectivity index is 2.85. The Kier molecular flexibility index (Phi) is 2.31. The maximum absolute atomic E-state index is 12.9. The van der Waals surface area contributed by atoms with E-state index in [9.17, 15) is 9.18 Å². The maximum atomic E-state index is 12.9. The van der Waals surface area contributed by atoms with Gasteiger partial charge in [0.25, 0.3) is 0 Å². The summed E-state index contributed by atoms with van der Waals surface area (Å²) in [4.78, 5) is 14.2. The standard InChI is InChI=1S/C8H8FNO/c1-6(11)8(9)7-3-2-4-10-5-7/h2-5,8H,1H3. The molecule has 1 aromatic heterocycles. The van der Waals surface area contributed by atoms with Crippen LogP contribution in [0.3, 0.4) is 0 Å². The Labute approximate surface area is 64.1 Å². The SMILES string of the molecule is CC(=O)C(F)c1cccnc1. The van der Waals surface area contributed by atoms with Crippen molar-refractivity contribution in [3.8, 4) is 0 Å². The van der Waals surface area contributed by atoms with Gasteiger partial charge in [0.1, 0.15) is 0 Å². The van der Waals surface area contributed by atoms with Crippen molar-refractivity contribution < 1.29 is 9.18 Å². The van der Waals surface area contributed by atoms with Gasteiger partial charge in [0, 0.05) is 18.0 Å². The summed E-state index contributed by atoms with van der Waals surface area (Å²) in [6.45, 7) is 1.22. The first-order chi connectivity index (χ1) is 5.22. The zero-order valence-electron chi connectivity index (χ0n) is 6.12. The minimum Gasteiger partial charge on any atom is -0.296 e. The van der Waals surface area contributed by atoms with Gasteiger partial charge in [-0.15, -0.1) is 0 Å². The highest BCUT2D eigenvalue weighted by atomic mass is 19.1. The molecular formula is C8H8FNO. The molecule has 0 N–H and O–H groups in total. The average Bonchev–Trinajstić information content (AvgIpc) is 2.05. The van der Waals surface area contributed by atoms with E-state index >= 15 is 0 Å². The number of carbonyl (C=O) groups is 1. The van der Waals surface area contributed by atoms with Gasteiger partial charge >= 0.3 is 0 Å². The van der Waals surface area contributed by atoms with Gasteiger partial charge in [-0.1, -0.05) is 6.07 Å². The highest BCUT2D eigenvalue weighted by Crippen LogP contribution is 2.15. The normalized spacial score (nSPS) is 12.5. The molecule has 0 aromatic carbocycles. The zero-order valence-corrected chi connectivity index (χ0v) is 6.12. The first kappa shape index (κ1) is 7.85. The molecule has 0 aliphatic heterocycles. The van der Waals surface area contributed by atoms with E-state index in [4.69, 9.17) is 0 Å². The number of hydrogen-bond donors (Lipinski definition) is 0. The van der Waals surface area contributed by atoms with Crippen molar-refractivity contribution in [2.24, 2.45) is 0 Å². The smallest absolute Gasteiger partial charge is 0.184 e. The molecule has 1 heterocycles. The number of nitrogens with zero attached hydrogens (tertiary/aromatic N) is 1. The predicted octanol–water partition coefficient (Wildman–Crippen LogP) is 1.68. The van der Waals surface area contributed by atoms with Crippen molar-refractivity contribution in [2.75, 3.05) is 0 Å². The molecule has 58 valence electrons. The highest BCUT2D eigenvalue weighted by molar-refractivity contribution is 5.81. The van der Waals surface area contributed by atoms with Crippen molar-refractivity contribution in [2.45, 2.75) is 13.1 Å². The van der Waals surface area contributed by atoms with E-state index in [1.807, 2.05) is 0 Å². The molecule has 11 heavy (non-hydrogen) atoms. The fourth-order valence-corrected chi connectivity index (χ4v) is 0.761. The van der Waals surface area contributed by atoms with Crippen molar-refractivity contribution in [1.82, 2.24) is 4.98 Å². The van der Waals surface area contributed by atoms with Gasteiger partial charge in [-0.3, -0.25) is 9.78 Å². The second-order valence-electron chi connectivity index (χ2n) is 2.26. The van der Waals surface area contributed by atoms with Crippen LogP contribution >= 0.6 is 0 Å². The van der Waals surface area contributed by atoms with Crippen LogP contribution in [0.15, 0.2) is 24.5 Å². The van der Waals surface area contributed by atoms with Gasteiger partial charge in [-0.25, -0.2) is 4.39 Å². The third kappa shape index (κ3) is 1.83. The summed E-state index contributed by atoms with van der Waals surface area (Å²) >= 11 is 0. The number of ketones is 1. The molecule has 0 aliphatic rings. The molecular weight excluding hydrogens is 145 g/mol. The van der Waals surface area contributed by atoms with Gasteiger partial charge in [-0.05, 0) is 13.0 Å². The van der Waals surface area contributed by atoms with Crippen molar-refractivity contribution in [1.29, 1.82) is 0 Å². The van der Waals surface area contributed by atoms with E-state index < -0.39 is 12.0 Å². The van der Waals surface area contributed by atoms with Crippen LogP contribution in [-0.2, 0) is 4.79 Å². The number of rotatable bonds is 2. The lowest BCUT2D eigenvalue weighted by molar-refractivity contribution is -0.121. The summed E-state index contributed by atoms with van der Waals surface area (Å²) in [6, 6.07) is 3.14. The summed E-state index contributed by atoms with van der Waals surface area (Å²) in [7, 11) is 0. The molecule has 0 amide bonds. The van der Waals surface area contributed by atoms with Gasteiger partial charge in [0.15, 0.2) is 12.0 Å². The van der Waals surface area contributed by atoms with Crippen LogP contribution in [-0.4, -0.2) is 10.8 Å². The Morgan fingerprint density at radius 1 is 1.73 bits per heavy atom. The molecule has 0 fully saturated rings. The Morgan fingerprint density at radius 2 is 2.45 bits per heavy atom. The lowest BCUT2D eigenvalue weighted by Gasteiger charge is -2.01. The largest absolute Gasteiger partial charge is 0.296 e. The molecule has 1 aromatic rings. The quantitative estimate of drug-likeness (QED) is 0.647. The zero-order chi connectivity index (χ0) is 8.27. The van der Waals surface area contributed by atoms with Gasteiger partial charge < -0.3 is 0 Å². The third-order valence-electron chi connectivity index (χ3n) is 1.33. The molecule has 0 saturated carbocycles. The predicted molar refractivity (Wildman–Crippen MR) is 38.8 cm³/mol. The van der Waals surface area contributed by atoms with Gasteiger partial charge in [0.05, 0.1) is 0 Å². The molecule has 3 heteroatoms. The summed E-state index contributed by atoms with van der Waals surface area (Å²) in [5.41, 5.74) is 0.319. The topological polar surface area (TPSA) is 30.0 Å². The van der Waals surface area contributed by atoms with Gasteiger partial charge in [0.2, 0.25) is 0 Å². The first-order valence-corrected chi connectivity index (χ1v) is 3.26. The number of alkyl halides is 1. The van der Waals surface area contributed by atoms with Crippen LogP contribution in [0.5, 0.6) is 0 Å². The van der Waals surface area contributed by atoms with Crippen LogP contribution in [0, 0.1) is 0 Å². The van der Waals surface area contributed by atoms with Crippen molar-refractivity contribution in [3.05, 3.63) is 30.1 Å². The number of carbonyl (C=O) groups excluding carboxylic acids is 1. The van der Waals surface area contributed by atoms with E-state index in [1.165, 1.54) is 19.3 Å². The molecule has 2 nitrogen and oxygen atoms in total. The summed E-state index contributed by atoms with van der Waals surface area (Å²) in [5, 5.41) is 0. The van der Waals surface area contributed by atoms with Crippen molar-refractivity contribution >= 4 is 5.78 Å². The summed E-state index contributed by atoms with van der Waals surface area (Å²) < 4.78 is 12.9. The monoisotopic (exact) mass is 153 g/mol. The van der Waals surface area contributed by atoms with Crippen LogP contribution in [0.4, 0.5) is 4.39 Å². The molecule has 0 saturated heterocycles. The lowest BCUT2D eigenvalue weighted by atomic mass is 10.1. The lowest BCUT2D eigenvalue weighted by Crippen LogP contribution is -2.02. The minimum atomic E-state index is -1.52. The Hall–Kier alpha value is -1.25. The molecule has 0 aliphatic carbocycles. The second kappa shape index (κ2) is 3.23. The van der Waals surface area contributed by atoms with Crippen LogP contribution < -0.4 is 0 Å². The number of pyridine rings is 1. The summed E-state index contributed by atoms with van der Waals surface area (Å²) in [5.74, 6) is -0.488. The fourth-order valence-electron chi connectivity index (χ4n) is 0.761. The van der Waals surface area contributed by atoms with Crippen molar-refractivity contribution in [3.63, 3.8) is 0 Å². The molecule has 0 spiro atoms. The van der Waals surface area contributed by atoms with E-state index in [-0.39, 0.29) is 0 Å². The number of Topliss-reactive ketones (excluding diaryl/α,β-unsaturated/α-hetero) is 1. The van der Waals surface area contributed by atoms with Gasteiger partial charge in [-0.2, -0.15) is 0 Å². The fraction of sp³-hybridized carbons (Fsp3) is 0.250. The van der Waals surface area contributed by atoms with Crippen LogP contribution in [0.2, 0.25) is 0 Å². The summed E-state index contributed by atoms with van der Waals surface area (Å²) in [6.07, 6.45) is 1.37. The molecule has 1 atom stereocenters.